The third-order valence-electron chi connectivity index (χ3n) is 3.61. The molecule has 27 heavy (non-hydrogen) atoms. The van der Waals surface area contributed by atoms with Crippen molar-refractivity contribution in [2.24, 2.45) is 0 Å². The third-order valence-corrected chi connectivity index (χ3v) is 4.62. The number of hydrogen-bond donors (Lipinski definition) is 6. The maximum absolute atomic E-state index is 11.7. The number of aromatic amines is 1. The van der Waals surface area contributed by atoms with E-state index in [0.717, 1.165) is 17.2 Å². The molecule has 150 valence electrons. The first-order valence-electron chi connectivity index (χ1n) is 7.14. The highest BCUT2D eigenvalue weighted by Gasteiger charge is 2.49. The summed E-state index contributed by atoms with van der Waals surface area (Å²) in [6, 6.07) is 0. The highest BCUT2D eigenvalue weighted by atomic mass is 31.2. The van der Waals surface area contributed by atoms with Crippen molar-refractivity contribution in [2.75, 3.05) is 6.61 Å². The zero-order valence-electron chi connectivity index (χ0n) is 13.1. The van der Waals surface area contributed by atoms with Crippen LogP contribution in [0.15, 0.2) is 17.4 Å². The molecule has 15 nitrogen and oxygen atoms in total. The van der Waals surface area contributed by atoms with Gasteiger partial charge in [0.2, 0.25) is 0 Å². The summed E-state index contributed by atoms with van der Waals surface area (Å²) in [5, 5.41) is 10.4. The van der Waals surface area contributed by atoms with E-state index < -0.39 is 52.4 Å². The molecule has 2 aromatic heterocycles. The number of aromatic nitrogens is 4. The van der Waals surface area contributed by atoms with E-state index in [2.05, 4.69) is 24.0 Å². The number of phosphoric acid groups is 2. The summed E-state index contributed by atoms with van der Waals surface area (Å²) < 4.78 is 37.3. The Hall–Kier alpha value is -1.51. The average Bonchev–Trinajstić information content (AvgIpc) is 3.07. The molecule has 2 aromatic rings. The van der Waals surface area contributed by atoms with Crippen molar-refractivity contribution in [1.82, 2.24) is 19.5 Å². The Morgan fingerprint density at radius 3 is 2.56 bits per heavy atom. The number of phosphoric ester groups is 2. The Balaban J connectivity index is 1.94. The van der Waals surface area contributed by atoms with Crippen LogP contribution in [0.25, 0.3) is 11.2 Å². The molecule has 1 aliphatic heterocycles. The molecular formula is C10H14N4O11P2. The number of H-pyrrole nitrogens is 1. The smallest absolute Gasteiger partial charge is 0.386 e. The van der Waals surface area contributed by atoms with Gasteiger partial charge in [-0.25, -0.2) is 19.1 Å². The van der Waals surface area contributed by atoms with Crippen LogP contribution in [0.1, 0.15) is 6.23 Å². The van der Waals surface area contributed by atoms with Gasteiger partial charge in [-0.1, -0.05) is 0 Å². The van der Waals surface area contributed by atoms with Gasteiger partial charge in [0, 0.05) is 0 Å². The largest absolute Gasteiger partial charge is 0.470 e. The minimum absolute atomic E-state index is 0.00529. The maximum atomic E-state index is 11.7. The maximum Gasteiger partial charge on any atom is 0.470 e. The lowest BCUT2D eigenvalue weighted by Gasteiger charge is -2.20. The summed E-state index contributed by atoms with van der Waals surface area (Å²) in [5.41, 5.74) is -0.666. The molecule has 0 radical (unpaired) electrons. The summed E-state index contributed by atoms with van der Waals surface area (Å²) in [6.07, 6.45) is -4.11. The van der Waals surface area contributed by atoms with Crippen LogP contribution in [0.3, 0.4) is 0 Å². The molecule has 0 aliphatic carbocycles. The van der Waals surface area contributed by atoms with Crippen molar-refractivity contribution in [2.45, 2.75) is 24.5 Å². The molecule has 0 amide bonds. The first-order chi connectivity index (χ1) is 12.5. The summed E-state index contributed by atoms with van der Waals surface area (Å²) in [5.74, 6) is 0. The molecule has 0 unspecified atom stereocenters. The number of ether oxygens (including phenoxy) is 1. The van der Waals surface area contributed by atoms with Gasteiger partial charge >= 0.3 is 15.6 Å². The van der Waals surface area contributed by atoms with Crippen LogP contribution in [0.4, 0.5) is 0 Å². The van der Waals surface area contributed by atoms with Crippen LogP contribution < -0.4 is 5.56 Å². The van der Waals surface area contributed by atoms with E-state index in [0.29, 0.717) is 0 Å². The van der Waals surface area contributed by atoms with E-state index in [1.54, 1.807) is 0 Å². The molecule has 3 rings (SSSR count). The first-order valence-corrected chi connectivity index (χ1v) is 10.2. The number of rotatable bonds is 6. The molecule has 0 saturated carbocycles. The van der Waals surface area contributed by atoms with Crippen molar-refractivity contribution in [3.8, 4) is 0 Å². The molecule has 0 spiro atoms. The van der Waals surface area contributed by atoms with Crippen molar-refractivity contribution >= 4 is 26.8 Å². The second kappa shape index (κ2) is 7.14. The molecule has 4 atom stereocenters. The second-order valence-corrected chi connectivity index (χ2v) is 7.89. The number of nitrogens with one attached hydrogen (secondary N) is 1. The molecule has 0 bridgehead atoms. The molecule has 17 heteroatoms. The molecule has 6 N–H and O–H groups in total. The number of hydrogen-bond acceptors (Lipinski definition) is 9. The van der Waals surface area contributed by atoms with Crippen LogP contribution >= 0.6 is 15.6 Å². The van der Waals surface area contributed by atoms with Gasteiger partial charge in [0.25, 0.3) is 5.56 Å². The van der Waals surface area contributed by atoms with Crippen LogP contribution in [0, 0.1) is 0 Å². The molecular weight excluding hydrogens is 414 g/mol. The van der Waals surface area contributed by atoms with Gasteiger partial charge in [0.1, 0.15) is 18.3 Å². The SMILES string of the molecule is O=c1[nH]cnc2c1ncn2[C@@H]1O[C@H](COP(=O)(O)O)[C@@H](OP(=O)(O)O)[C@H]1O. The van der Waals surface area contributed by atoms with E-state index in [9.17, 15) is 19.0 Å². The van der Waals surface area contributed by atoms with Gasteiger partial charge in [-0.2, -0.15) is 0 Å². The second-order valence-electron chi connectivity index (χ2n) is 5.46. The molecule has 1 aliphatic rings. The lowest BCUT2D eigenvalue weighted by molar-refractivity contribution is -0.0502. The summed E-state index contributed by atoms with van der Waals surface area (Å²) in [4.78, 5) is 57.4. The normalized spacial score (nSPS) is 26.7. The lowest BCUT2D eigenvalue weighted by atomic mass is 10.1. The van der Waals surface area contributed by atoms with E-state index in [-0.39, 0.29) is 11.2 Å². The fourth-order valence-electron chi connectivity index (χ4n) is 2.59. The predicted molar refractivity (Wildman–Crippen MR) is 83.0 cm³/mol. The van der Waals surface area contributed by atoms with Gasteiger partial charge in [-0.3, -0.25) is 18.4 Å². The standard InChI is InChI=1S/C10H14N4O11P2/c15-6-7(25-27(20,21)22)4(1-23-26(17,18)19)24-10(6)14-3-13-5-8(14)11-2-12-9(5)16/h2-4,6-7,10,15H,1H2,(H,11,12,16)(H2,17,18,19)(H2,20,21,22)/t4-,6-,7-,10-/m1/s1. The van der Waals surface area contributed by atoms with Gasteiger partial charge in [-0.05, 0) is 0 Å². The zero-order chi connectivity index (χ0) is 20.0. The quantitative estimate of drug-likeness (QED) is 0.273. The predicted octanol–water partition coefficient (Wildman–Crippen LogP) is -2.03. The highest BCUT2D eigenvalue weighted by molar-refractivity contribution is 7.46. The zero-order valence-corrected chi connectivity index (χ0v) is 14.9. The first kappa shape index (κ1) is 20.2. The molecule has 1 fully saturated rings. The molecule has 3 heterocycles. The Kier molecular flexibility index (Phi) is 5.35. The topological polar surface area (TPSA) is 227 Å². The van der Waals surface area contributed by atoms with Crippen molar-refractivity contribution in [3.63, 3.8) is 0 Å². The van der Waals surface area contributed by atoms with Gasteiger partial charge in [-0.15, -0.1) is 0 Å². The summed E-state index contributed by atoms with van der Waals surface area (Å²) in [6.45, 7) is -0.844. The Morgan fingerprint density at radius 1 is 1.22 bits per heavy atom. The number of imidazole rings is 1. The van der Waals surface area contributed by atoms with Crippen molar-refractivity contribution in [1.29, 1.82) is 0 Å². The molecule has 1 saturated heterocycles. The Bertz CT molecular complexity index is 979. The van der Waals surface area contributed by atoms with Crippen molar-refractivity contribution < 1.29 is 47.6 Å². The highest BCUT2D eigenvalue weighted by Crippen LogP contribution is 2.45. The Morgan fingerprint density at radius 2 is 1.93 bits per heavy atom. The minimum Gasteiger partial charge on any atom is -0.386 e. The number of fused-ring (bicyclic) bond motifs is 1. The van der Waals surface area contributed by atoms with Crippen LogP contribution in [-0.2, 0) is 22.9 Å². The number of aliphatic hydroxyl groups excluding tert-OH is 1. The van der Waals surface area contributed by atoms with Crippen LogP contribution in [0.2, 0.25) is 0 Å². The lowest BCUT2D eigenvalue weighted by Crippen LogP contribution is -2.35. The van der Waals surface area contributed by atoms with E-state index in [1.165, 1.54) is 0 Å². The monoisotopic (exact) mass is 428 g/mol. The number of nitrogens with zero attached hydrogens (tertiary/aromatic N) is 3. The Labute approximate surface area is 149 Å². The summed E-state index contributed by atoms with van der Waals surface area (Å²) >= 11 is 0. The van der Waals surface area contributed by atoms with Crippen molar-refractivity contribution in [3.05, 3.63) is 23.0 Å². The average molecular weight is 428 g/mol. The van der Waals surface area contributed by atoms with E-state index >= 15 is 0 Å². The van der Waals surface area contributed by atoms with Crippen LogP contribution in [-0.4, -0.2) is 69.1 Å². The fraction of sp³-hybridized carbons (Fsp3) is 0.500. The fourth-order valence-corrected chi connectivity index (χ4v) is 3.51. The van der Waals surface area contributed by atoms with E-state index in [4.69, 9.17) is 24.3 Å². The third kappa shape index (κ3) is 4.50. The minimum atomic E-state index is -5.10. The number of aliphatic hydroxyl groups is 1. The van der Waals surface area contributed by atoms with Gasteiger partial charge in [0.05, 0.1) is 19.3 Å². The molecule has 0 aromatic carbocycles. The van der Waals surface area contributed by atoms with Gasteiger partial charge in [0.15, 0.2) is 17.4 Å². The van der Waals surface area contributed by atoms with Gasteiger partial charge < -0.3 is 34.4 Å². The van der Waals surface area contributed by atoms with Crippen LogP contribution in [0.5, 0.6) is 0 Å². The van der Waals surface area contributed by atoms with E-state index in [1.807, 2.05) is 0 Å². The summed E-state index contributed by atoms with van der Waals surface area (Å²) in [7, 11) is -10.0.